The van der Waals surface area contributed by atoms with Crippen LogP contribution in [0.5, 0.6) is 0 Å². The molecular weight excluding hydrogens is 176 g/mol. The molecule has 0 aliphatic rings. The van der Waals surface area contributed by atoms with Gasteiger partial charge >= 0.3 is 0 Å². The molecule has 0 amide bonds. The van der Waals surface area contributed by atoms with Gasteiger partial charge in [-0.15, -0.1) is 0 Å². The summed E-state index contributed by atoms with van der Waals surface area (Å²) in [7, 11) is 0. The van der Waals surface area contributed by atoms with E-state index >= 15 is 0 Å². The molecule has 14 heavy (non-hydrogen) atoms. The summed E-state index contributed by atoms with van der Waals surface area (Å²) >= 11 is 0. The molecule has 4 heteroatoms. The van der Waals surface area contributed by atoms with Gasteiger partial charge in [-0.3, -0.25) is 0 Å². The second kappa shape index (κ2) is 5.18. The Hall–Kier alpha value is -1.63. The molecule has 0 aromatic carbocycles. The molecule has 1 rings (SSSR count). The third-order valence-corrected chi connectivity index (χ3v) is 1.86. The lowest BCUT2D eigenvalue weighted by atomic mass is 10.1. The van der Waals surface area contributed by atoms with Gasteiger partial charge in [-0.25, -0.2) is 9.97 Å². The molecule has 74 valence electrons. The molecule has 0 aliphatic heterocycles. The normalized spacial score (nSPS) is 9.86. The van der Waals surface area contributed by atoms with Crippen LogP contribution in [0.2, 0.25) is 0 Å². The maximum Gasteiger partial charge on any atom is 0.222 e. The van der Waals surface area contributed by atoms with Gasteiger partial charge in [0.2, 0.25) is 5.95 Å². The van der Waals surface area contributed by atoms with Crippen molar-refractivity contribution in [3.63, 3.8) is 0 Å². The first-order valence-corrected chi connectivity index (χ1v) is 4.67. The average Bonchev–Trinajstić information content (AvgIpc) is 2.19. The molecule has 4 nitrogen and oxygen atoms in total. The first-order valence-electron chi connectivity index (χ1n) is 4.67. The molecule has 1 heterocycles. The Bertz CT molecular complexity index is 310. The number of aromatic nitrogens is 2. The van der Waals surface area contributed by atoms with Crippen LogP contribution in [-0.4, -0.2) is 16.5 Å². The number of nitriles is 1. The number of anilines is 1. The van der Waals surface area contributed by atoms with Crippen LogP contribution in [0.4, 0.5) is 5.95 Å². The Morgan fingerprint density at radius 3 is 2.57 bits per heavy atom. The number of nitrogens with zero attached hydrogens (tertiary/aromatic N) is 3. The SMILES string of the molecule is CC(C)c1cnc(NCCC#N)nc1. The minimum absolute atomic E-state index is 0.447. The molecule has 0 atom stereocenters. The van der Waals surface area contributed by atoms with Crippen molar-refractivity contribution in [2.24, 2.45) is 0 Å². The first kappa shape index (κ1) is 10.5. The molecule has 0 saturated carbocycles. The van der Waals surface area contributed by atoms with Crippen molar-refractivity contribution in [3.8, 4) is 6.07 Å². The third kappa shape index (κ3) is 3.02. The van der Waals surface area contributed by atoms with E-state index < -0.39 is 0 Å². The number of nitrogens with one attached hydrogen (secondary N) is 1. The summed E-state index contributed by atoms with van der Waals surface area (Å²) < 4.78 is 0. The summed E-state index contributed by atoms with van der Waals surface area (Å²) in [5, 5.41) is 11.3. The van der Waals surface area contributed by atoms with E-state index in [1.165, 1.54) is 0 Å². The van der Waals surface area contributed by atoms with E-state index in [2.05, 4.69) is 29.1 Å². The lowest BCUT2D eigenvalue weighted by Gasteiger charge is -2.05. The van der Waals surface area contributed by atoms with Crippen molar-refractivity contribution in [2.75, 3.05) is 11.9 Å². The van der Waals surface area contributed by atoms with Gasteiger partial charge in [-0.1, -0.05) is 13.8 Å². The molecule has 0 radical (unpaired) electrons. The standard InChI is InChI=1S/C10H14N4/c1-8(2)9-6-13-10(14-7-9)12-5-3-4-11/h6-8H,3,5H2,1-2H3,(H,12,13,14). The Morgan fingerprint density at radius 2 is 2.07 bits per heavy atom. The van der Waals surface area contributed by atoms with Crippen LogP contribution in [-0.2, 0) is 0 Å². The van der Waals surface area contributed by atoms with Crippen molar-refractivity contribution in [1.82, 2.24) is 9.97 Å². The number of hydrogen-bond donors (Lipinski definition) is 1. The molecule has 0 spiro atoms. The van der Waals surface area contributed by atoms with Gasteiger partial charge in [0, 0.05) is 18.9 Å². The van der Waals surface area contributed by atoms with Crippen molar-refractivity contribution in [2.45, 2.75) is 26.2 Å². The molecular formula is C10H14N4. The minimum Gasteiger partial charge on any atom is -0.353 e. The molecule has 0 bridgehead atoms. The van der Waals surface area contributed by atoms with Gasteiger partial charge in [0.15, 0.2) is 0 Å². The van der Waals surface area contributed by atoms with Crippen LogP contribution in [0.25, 0.3) is 0 Å². The highest BCUT2D eigenvalue weighted by atomic mass is 15.1. The highest BCUT2D eigenvalue weighted by Crippen LogP contribution is 2.11. The summed E-state index contributed by atoms with van der Waals surface area (Å²) in [6.07, 6.45) is 4.09. The second-order valence-corrected chi connectivity index (χ2v) is 3.33. The Labute approximate surface area is 84.0 Å². The van der Waals surface area contributed by atoms with Gasteiger partial charge < -0.3 is 5.32 Å². The van der Waals surface area contributed by atoms with Crippen LogP contribution in [0, 0.1) is 11.3 Å². The lowest BCUT2D eigenvalue weighted by Crippen LogP contribution is -2.05. The van der Waals surface area contributed by atoms with Gasteiger partial charge in [0.25, 0.3) is 0 Å². The largest absolute Gasteiger partial charge is 0.353 e. The lowest BCUT2D eigenvalue weighted by molar-refractivity contribution is 0.845. The van der Waals surface area contributed by atoms with Crippen molar-refractivity contribution in [3.05, 3.63) is 18.0 Å². The quantitative estimate of drug-likeness (QED) is 0.737. The zero-order chi connectivity index (χ0) is 10.4. The van der Waals surface area contributed by atoms with Crippen LogP contribution >= 0.6 is 0 Å². The van der Waals surface area contributed by atoms with E-state index in [1.54, 1.807) is 0 Å². The van der Waals surface area contributed by atoms with E-state index in [0.29, 0.717) is 24.8 Å². The average molecular weight is 190 g/mol. The third-order valence-electron chi connectivity index (χ3n) is 1.86. The summed E-state index contributed by atoms with van der Waals surface area (Å²) in [6.45, 7) is 4.79. The van der Waals surface area contributed by atoms with E-state index in [0.717, 1.165) is 5.56 Å². The fourth-order valence-electron chi connectivity index (χ4n) is 0.958. The number of rotatable bonds is 4. The van der Waals surface area contributed by atoms with Crippen LogP contribution in [0.3, 0.4) is 0 Å². The molecule has 0 unspecified atom stereocenters. The predicted molar refractivity (Wildman–Crippen MR) is 54.8 cm³/mol. The second-order valence-electron chi connectivity index (χ2n) is 3.33. The van der Waals surface area contributed by atoms with Crippen LogP contribution in [0.15, 0.2) is 12.4 Å². The molecule has 0 fully saturated rings. The predicted octanol–water partition coefficient (Wildman–Crippen LogP) is 1.93. The van der Waals surface area contributed by atoms with Gasteiger partial charge in [-0.05, 0) is 11.5 Å². The smallest absolute Gasteiger partial charge is 0.222 e. The first-order chi connectivity index (χ1) is 6.74. The zero-order valence-electron chi connectivity index (χ0n) is 8.49. The minimum atomic E-state index is 0.447. The zero-order valence-corrected chi connectivity index (χ0v) is 8.49. The van der Waals surface area contributed by atoms with E-state index in [-0.39, 0.29) is 0 Å². The monoisotopic (exact) mass is 190 g/mol. The topological polar surface area (TPSA) is 61.6 Å². The molecule has 1 aromatic heterocycles. The van der Waals surface area contributed by atoms with Gasteiger partial charge in [0.1, 0.15) is 0 Å². The molecule has 0 aliphatic carbocycles. The number of hydrogen-bond acceptors (Lipinski definition) is 4. The highest BCUT2D eigenvalue weighted by molar-refractivity contribution is 5.25. The fourth-order valence-corrected chi connectivity index (χ4v) is 0.958. The van der Waals surface area contributed by atoms with Crippen LogP contribution in [0.1, 0.15) is 31.7 Å². The highest BCUT2D eigenvalue weighted by Gasteiger charge is 2.00. The van der Waals surface area contributed by atoms with Gasteiger partial charge in [0.05, 0.1) is 12.5 Å². The molecule has 1 aromatic rings. The van der Waals surface area contributed by atoms with Gasteiger partial charge in [-0.2, -0.15) is 5.26 Å². The Balaban J connectivity index is 2.52. The maximum atomic E-state index is 8.33. The summed E-state index contributed by atoms with van der Waals surface area (Å²) in [6, 6.07) is 2.05. The van der Waals surface area contributed by atoms with E-state index in [4.69, 9.17) is 5.26 Å². The summed E-state index contributed by atoms with van der Waals surface area (Å²) in [5.74, 6) is 1.04. The van der Waals surface area contributed by atoms with E-state index in [9.17, 15) is 0 Å². The molecule has 0 saturated heterocycles. The Kier molecular flexibility index (Phi) is 3.86. The fraction of sp³-hybridized carbons (Fsp3) is 0.500. The Morgan fingerprint density at radius 1 is 1.43 bits per heavy atom. The maximum absolute atomic E-state index is 8.33. The van der Waals surface area contributed by atoms with Crippen molar-refractivity contribution in [1.29, 1.82) is 5.26 Å². The summed E-state index contributed by atoms with van der Waals surface area (Å²) in [4.78, 5) is 8.28. The van der Waals surface area contributed by atoms with E-state index in [1.807, 2.05) is 18.5 Å². The van der Waals surface area contributed by atoms with Crippen molar-refractivity contribution >= 4 is 5.95 Å². The molecule has 1 N–H and O–H groups in total. The van der Waals surface area contributed by atoms with Crippen molar-refractivity contribution < 1.29 is 0 Å². The summed E-state index contributed by atoms with van der Waals surface area (Å²) in [5.41, 5.74) is 1.12. The van der Waals surface area contributed by atoms with Crippen LogP contribution < -0.4 is 5.32 Å².